The third-order valence-electron chi connectivity index (χ3n) is 2.32. The molecule has 92 valence electrons. The highest BCUT2D eigenvalue weighted by molar-refractivity contribution is 5.96. The zero-order valence-electron chi connectivity index (χ0n) is 8.54. The number of nitrogens with two attached hydrogens (primary N) is 1. The van der Waals surface area contributed by atoms with Gasteiger partial charge in [0.2, 0.25) is 5.91 Å². The third kappa shape index (κ3) is 2.33. The van der Waals surface area contributed by atoms with Gasteiger partial charge in [-0.25, -0.2) is 0 Å². The van der Waals surface area contributed by atoms with E-state index in [0.717, 1.165) is 18.2 Å². The van der Waals surface area contributed by atoms with Crippen molar-refractivity contribution in [1.82, 2.24) is 0 Å². The maximum atomic E-state index is 12.4. The Balaban J connectivity index is 2.38. The minimum Gasteiger partial charge on any atom is -0.489 e. The SMILES string of the molecule is N[C@H]1COc2cc(C(F)(F)F)ccc2NC1=O. The standard InChI is InChI=1S/C10H9F3N2O2/c11-10(12,13)5-1-2-7-8(3-5)17-4-6(14)9(16)15-7/h1-3,6H,4,14H2,(H,15,16)/t6-/m0/s1. The van der Waals surface area contributed by atoms with Gasteiger partial charge in [0.15, 0.2) is 0 Å². The van der Waals surface area contributed by atoms with Crippen molar-refractivity contribution in [3.8, 4) is 5.75 Å². The van der Waals surface area contributed by atoms with Crippen LogP contribution in [0.15, 0.2) is 18.2 Å². The van der Waals surface area contributed by atoms with Crippen LogP contribution < -0.4 is 15.8 Å². The summed E-state index contributed by atoms with van der Waals surface area (Å²) in [6, 6.07) is 1.97. The molecule has 4 nitrogen and oxygen atoms in total. The molecule has 0 saturated carbocycles. The Kier molecular flexibility index (Phi) is 2.70. The van der Waals surface area contributed by atoms with Crippen molar-refractivity contribution >= 4 is 11.6 Å². The van der Waals surface area contributed by atoms with E-state index in [0.29, 0.717) is 0 Å². The smallest absolute Gasteiger partial charge is 0.416 e. The van der Waals surface area contributed by atoms with Crippen LogP contribution in [-0.2, 0) is 11.0 Å². The van der Waals surface area contributed by atoms with Crippen LogP contribution in [0.5, 0.6) is 5.75 Å². The third-order valence-corrected chi connectivity index (χ3v) is 2.32. The van der Waals surface area contributed by atoms with E-state index >= 15 is 0 Å². The number of nitrogens with one attached hydrogen (secondary N) is 1. The van der Waals surface area contributed by atoms with Gasteiger partial charge in [-0.15, -0.1) is 0 Å². The molecule has 0 aromatic heterocycles. The molecule has 1 aliphatic rings. The second kappa shape index (κ2) is 3.92. The molecular weight excluding hydrogens is 237 g/mol. The van der Waals surface area contributed by atoms with Crippen molar-refractivity contribution in [3.05, 3.63) is 23.8 Å². The van der Waals surface area contributed by atoms with Gasteiger partial charge >= 0.3 is 6.18 Å². The number of rotatable bonds is 0. The number of anilines is 1. The first kappa shape index (κ1) is 11.7. The van der Waals surface area contributed by atoms with Crippen LogP contribution in [-0.4, -0.2) is 18.6 Å². The van der Waals surface area contributed by atoms with Gasteiger partial charge in [-0.1, -0.05) is 0 Å². The van der Waals surface area contributed by atoms with Gasteiger partial charge in [-0.2, -0.15) is 13.2 Å². The topological polar surface area (TPSA) is 64.3 Å². The quantitative estimate of drug-likeness (QED) is 0.726. The first-order valence-electron chi connectivity index (χ1n) is 4.78. The van der Waals surface area contributed by atoms with Gasteiger partial charge in [-0.05, 0) is 18.2 Å². The molecule has 0 fully saturated rings. The molecule has 1 aliphatic heterocycles. The number of hydrogen-bond acceptors (Lipinski definition) is 3. The fraction of sp³-hybridized carbons (Fsp3) is 0.300. The minimum atomic E-state index is -4.45. The molecule has 7 heteroatoms. The Morgan fingerprint density at radius 2 is 2.12 bits per heavy atom. The lowest BCUT2D eigenvalue weighted by Crippen LogP contribution is -2.38. The summed E-state index contributed by atoms with van der Waals surface area (Å²) in [6.07, 6.45) is -4.45. The van der Waals surface area contributed by atoms with Crippen LogP contribution in [0.25, 0.3) is 0 Å². The van der Waals surface area contributed by atoms with Crippen LogP contribution in [0.2, 0.25) is 0 Å². The van der Waals surface area contributed by atoms with Crippen molar-refractivity contribution in [1.29, 1.82) is 0 Å². The molecule has 0 aliphatic carbocycles. The number of ether oxygens (including phenoxy) is 1. The monoisotopic (exact) mass is 246 g/mol. The number of hydrogen-bond donors (Lipinski definition) is 2. The van der Waals surface area contributed by atoms with Gasteiger partial charge in [0.05, 0.1) is 11.3 Å². The predicted molar refractivity (Wildman–Crippen MR) is 53.5 cm³/mol. The van der Waals surface area contributed by atoms with E-state index in [9.17, 15) is 18.0 Å². The highest BCUT2D eigenvalue weighted by atomic mass is 19.4. The molecule has 1 aromatic carbocycles. The van der Waals surface area contributed by atoms with Crippen LogP contribution >= 0.6 is 0 Å². The molecule has 0 unspecified atom stereocenters. The van der Waals surface area contributed by atoms with E-state index in [1.54, 1.807) is 0 Å². The van der Waals surface area contributed by atoms with Crippen molar-refractivity contribution in [2.45, 2.75) is 12.2 Å². The van der Waals surface area contributed by atoms with E-state index < -0.39 is 23.7 Å². The predicted octanol–water partition coefficient (Wildman–Crippen LogP) is 1.36. The number of amides is 1. The molecule has 1 amide bonds. The summed E-state index contributed by atoms with van der Waals surface area (Å²) in [5, 5.41) is 2.39. The Hall–Kier alpha value is -1.76. The molecule has 1 atom stereocenters. The summed E-state index contributed by atoms with van der Waals surface area (Å²) in [7, 11) is 0. The fourth-order valence-corrected chi connectivity index (χ4v) is 1.40. The molecule has 1 aromatic rings. The second-order valence-electron chi connectivity index (χ2n) is 3.62. The normalized spacial score (nSPS) is 20.0. The molecule has 0 saturated heterocycles. The summed E-state index contributed by atoms with van der Waals surface area (Å²) < 4.78 is 42.4. The second-order valence-corrected chi connectivity index (χ2v) is 3.62. The number of benzene rings is 1. The Labute approximate surface area is 94.5 Å². The average Bonchev–Trinajstić information content (AvgIpc) is 2.38. The molecule has 0 radical (unpaired) electrons. The van der Waals surface area contributed by atoms with Crippen LogP contribution in [0.4, 0.5) is 18.9 Å². The van der Waals surface area contributed by atoms with E-state index in [2.05, 4.69) is 5.32 Å². The van der Waals surface area contributed by atoms with E-state index in [1.807, 2.05) is 0 Å². The number of halogens is 3. The lowest BCUT2D eigenvalue weighted by molar-refractivity contribution is -0.137. The van der Waals surface area contributed by atoms with Gasteiger partial charge in [-0.3, -0.25) is 4.79 Å². The molecule has 2 rings (SSSR count). The highest BCUT2D eigenvalue weighted by Gasteiger charge is 2.32. The molecule has 0 spiro atoms. The maximum absolute atomic E-state index is 12.4. The number of carbonyl (C=O) groups is 1. The first-order chi connectivity index (χ1) is 7.88. The lowest BCUT2D eigenvalue weighted by atomic mass is 10.2. The summed E-state index contributed by atoms with van der Waals surface area (Å²) in [5.41, 5.74) is 4.78. The van der Waals surface area contributed by atoms with Gasteiger partial charge in [0, 0.05) is 0 Å². The summed E-state index contributed by atoms with van der Waals surface area (Å²) in [6.45, 7) is -0.153. The van der Waals surface area contributed by atoms with E-state index in [-0.39, 0.29) is 18.0 Å². The molecule has 17 heavy (non-hydrogen) atoms. The maximum Gasteiger partial charge on any atom is 0.416 e. The minimum absolute atomic E-state index is 0.0267. The van der Waals surface area contributed by atoms with Crippen molar-refractivity contribution < 1.29 is 22.7 Å². The van der Waals surface area contributed by atoms with Crippen molar-refractivity contribution in [2.75, 3.05) is 11.9 Å². The van der Waals surface area contributed by atoms with Gasteiger partial charge < -0.3 is 15.8 Å². The number of carbonyl (C=O) groups excluding carboxylic acids is 1. The molecule has 1 heterocycles. The Morgan fingerprint density at radius 1 is 1.41 bits per heavy atom. The summed E-state index contributed by atoms with van der Waals surface area (Å²) >= 11 is 0. The van der Waals surface area contributed by atoms with Gasteiger partial charge in [0.1, 0.15) is 18.4 Å². The summed E-state index contributed by atoms with van der Waals surface area (Å²) in [5.74, 6) is -0.510. The molecular formula is C10H9F3N2O2. The largest absolute Gasteiger partial charge is 0.489 e. The summed E-state index contributed by atoms with van der Waals surface area (Å²) in [4.78, 5) is 11.3. The molecule has 0 bridgehead atoms. The zero-order valence-corrected chi connectivity index (χ0v) is 8.54. The van der Waals surface area contributed by atoms with Gasteiger partial charge in [0.25, 0.3) is 0 Å². The Bertz CT molecular complexity index is 459. The Morgan fingerprint density at radius 3 is 2.76 bits per heavy atom. The lowest BCUT2D eigenvalue weighted by Gasteiger charge is -2.11. The van der Waals surface area contributed by atoms with E-state index in [1.165, 1.54) is 0 Å². The first-order valence-corrected chi connectivity index (χ1v) is 4.78. The zero-order chi connectivity index (χ0) is 12.6. The number of alkyl halides is 3. The highest BCUT2D eigenvalue weighted by Crippen LogP contribution is 2.35. The van der Waals surface area contributed by atoms with Crippen molar-refractivity contribution in [3.63, 3.8) is 0 Å². The fourth-order valence-electron chi connectivity index (χ4n) is 1.40. The van der Waals surface area contributed by atoms with Crippen LogP contribution in [0.1, 0.15) is 5.56 Å². The van der Waals surface area contributed by atoms with Crippen LogP contribution in [0.3, 0.4) is 0 Å². The molecule has 3 N–H and O–H groups in total. The van der Waals surface area contributed by atoms with Crippen LogP contribution in [0, 0.1) is 0 Å². The van der Waals surface area contributed by atoms with E-state index in [4.69, 9.17) is 10.5 Å². The average molecular weight is 246 g/mol. The van der Waals surface area contributed by atoms with Crippen molar-refractivity contribution in [2.24, 2.45) is 5.73 Å². The number of fused-ring (bicyclic) bond motifs is 1.